The summed E-state index contributed by atoms with van der Waals surface area (Å²) < 4.78 is 15.0. The van der Waals surface area contributed by atoms with Crippen molar-refractivity contribution in [3.8, 4) is 0 Å². The molecule has 1 N–H and O–H groups in total. The van der Waals surface area contributed by atoms with Crippen LogP contribution in [0, 0.1) is 5.82 Å². The third kappa shape index (κ3) is 4.37. The molecule has 2 aromatic rings. The summed E-state index contributed by atoms with van der Waals surface area (Å²) in [5.41, 5.74) is 1.86. The Morgan fingerprint density at radius 3 is 2.61 bits per heavy atom. The molecule has 0 saturated carbocycles. The Morgan fingerprint density at radius 1 is 1.22 bits per heavy atom. The van der Waals surface area contributed by atoms with E-state index < -0.39 is 6.10 Å². The maximum Gasteiger partial charge on any atom is 0.123 e. The molecule has 23 heavy (non-hydrogen) atoms. The van der Waals surface area contributed by atoms with Gasteiger partial charge >= 0.3 is 0 Å². The first kappa shape index (κ1) is 16.1. The monoisotopic (exact) mass is 318 g/mol. The average molecular weight is 318 g/mol. The fourth-order valence-corrected chi connectivity index (χ4v) is 3.01. The largest absolute Gasteiger partial charge is 0.387 e. The number of hydrogen-bond acceptors (Lipinski definition) is 4. The van der Waals surface area contributed by atoms with Crippen LogP contribution in [0.15, 0.2) is 36.7 Å². The Bertz CT molecular complexity index is 637. The molecule has 124 valence electrons. The summed E-state index contributed by atoms with van der Waals surface area (Å²) in [4.78, 5) is 4.62. The second-order valence-corrected chi connectivity index (χ2v) is 6.17. The molecule has 1 aromatic heterocycles. The van der Waals surface area contributed by atoms with E-state index in [-0.39, 0.29) is 5.82 Å². The minimum atomic E-state index is -0.643. The number of aliphatic hydroxyl groups is 1. The minimum absolute atomic E-state index is 0.303. The predicted octanol–water partition coefficient (Wildman–Crippen LogP) is 1.41. The first-order valence-electron chi connectivity index (χ1n) is 7.96. The van der Waals surface area contributed by atoms with Crippen molar-refractivity contribution in [3.05, 3.63) is 53.6 Å². The molecule has 0 radical (unpaired) electrons. The molecule has 0 bridgehead atoms. The number of piperazine rings is 1. The zero-order chi connectivity index (χ0) is 16.2. The molecule has 5 nitrogen and oxygen atoms in total. The van der Waals surface area contributed by atoms with Crippen LogP contribution >= 0.6 is 0 Å². The quantitative estimate of drug-likeness (QED) is 0.905. The maximum atomic E-state index is 13.2. The van der Waals surface area contributed by atoms with Crippen LogP contribution < -0.4 is 0 Å². The van der Waals surface area contributed by atoms with Gasteiger partial charge in [0.25, 0.3) is 0 Å². The standard InChI is InChI=1S/C17H23FN4O/c1-20-11-14(10-19-20)12-21-5-7-22(8-6-21)13-17(23)15-3-2-4-16(18)9-15/h2-4,9-11,17,23H,5-8,12-13H2,1H3/t17-/m1/s1. The van der Waals surface area contributed by atoms with Gasteiger partial charge in [0.05, 0.1) is 12.3 Å². The second-order valence-electron chi connectivity index (χ2n) is 6.17. The Labute approximate surface area is 135 Å². The number of aromatic nitrogens is 2. The minimum Gasteiger partial charge on any atom is -0.387 e. The van der Waals surface area contributed by atoms with E-state index in [0.29, 0.717) is 12.1 Å². The molecule has 2 heterocycles. The molecule has 1 fully saturated rings. The summed E-state index contributed by atoms with van der Waals surface area (Å²) in [5.74, 6) is -0.303. The lowest BCUT2D eigenvalue weighted by molar-refractivity contribution is 0.0699. The highest BCUT2D eigenvalue weighted by atomic mass is 19.1. The van der Waals surface area contributed by atoms with Crippen LogP contribution in [0.1, 0.15) is 17.2 Å². The predicted molar refractivity (Wildman–Crippen MR) is 86.3 cm³/mol. The van der Waals surface area contributed by atoms with Crippen LogP contribution in [0.5, 0.6) is 0 Å². The van der Waals surface area contributed by atoms with Crippen molar-refractivity contribution in [2.24, 2.45) is 7.05 Å². The van der Waals surface area contributed by atoms with Gasteiger partial charge in [0, 0.05) is 58.1 Å². The molecule has 1 atom stereocenters. The third-order valence-corrected chi connectivity index (χ3v) is 4.29. The van der Waals surface area contributed by atoms with E-state index >= 15 is 0 Å². The highest BCUT2D eigenvalue weighted by Gasteiger charge is 2.20. The zero-order valence-electron chi connectivity index (χ0n) is 13.4. The second kappa shape index (κ2) is 7.21. The van der Waals surface area contributed by atoms with E-state index in [1.165, 1.54) is 17.7 Å². The lowest BCUT2D eigenvalue weighted by atomic mass is 10.1. The first-order chi connectivity index (χ1) is 11.1. The molecule has 1 saturated heterocycles. The van der Waals surface area contributed by atoms with Crippen molar-refractivity contribution >= 4 is 0 Å². The Balaban J connectivity index is 1.47. The average Bonchev–Trinajstić information content (AvgIpc) is 2.94. The molecule has 1 aliphatic heterocycles. The van der Waals surface area contributed by atoms with Crippen molar-refractivity contribution in [3.63, 3.8) is 0 Å². The van der Waals surface area contributed by atoms with Crippen LogP contribution in [0.25, 0.3) is 0 Å². The molecule has 0 spiro atoms. The fraction of sp³-hybridized carbons (Fsp3) is 0.471. The smallest absolute Gasteiger partial charge is 0.123 e. The van der Waals surface area contributed by atoms with Gasteiger partial charge in [0.15, 0.2) is 0 Å². The van der Waals surface area contributed by atoms with Gasteiger partial charge in [-0.2, -0.15) is 5.10 Å². The van der Waals surface area contributed by atoms with Crippen LogP contribution in [0.4, 0.5) is 4.39 Å². The molecule has 6 heteroatoms. The first-order valence-corrected chi connectivity index (χ1v) is 7.96. The highest BCUT2D eigenvalue weighted by Crippen LogP contribution is 2.17. The van der Waals surface area contributed by atoms with E-state index in [2.05, 4.69) is 14.9 Å². The lowest BCUT2D eigenvalue weighted by Crippen LogP contribution is -2.47. The van der Waals surface area contributed by atoms with Crippen LogP contribution in [0.3, 0.4) is 0 Å². The fourth-order valence-electron chi connectivity index (χ4n) is 3.01. The van der Waals surface area contributed by atoms with E-state index in [9.17, 15) is 9.50 Å². The number of halogens is 1. The summed E-state index contributed by atoms with van der Waals surface area (Å²) in [7, 11) is 1.93. The SMILES string of the molecule is Cn1cc(CN2CCN(C[C@@H](O)c3cccc(F)c3)CC2)cn1. The maximum absolute atomic E-state index is 13.2. The van der Waals surface area contributed by atoms with Crippen molar-refractivity contribution in [1.29, 1.82) is 0 Å². The van der Waals surface area contributed by atoms with Gasteiger partial charge in [0.1, 0.15) is 5.82 Å². The van der Waals surface area contributed by atoms with Crippen LogP contribution in [0.2, 0.25) is 0 Å². The number of nitrogens with zero attached hydrogens (tertiary/aromatic N) is 4. The van der Waals surface area contributed by atoms with Gasteiger partial charge < -0.3 is 5.11 Å². The molecule has 3 rings (SSSR count). The summed E-state index contributed by atoms with van der Waals surface area (Å²) in [6.07, 6.45) is 3.30. The number of rotatable bonds is 5. The summed E-state index contributed by atoms with van der Waals surface area (Å²) in [6, 6.07) is 6.21. The van der Waals surface area contributed by atoms with Crippen LogP contribution in [-0.2, 0) is 13.6 Å². The van der Waals surface area contributed by atoms with E-state index in [1.807, 2.05) is 24.1 Å². The number of hydrogen-bond donors (Lipinski definition) is 1. The topological polar surface area (TPSA) is 44.5 Å². The zero-order valence-corrected chi connectivity index (χ0v) is 13.4. The van der Waals surface area contributed by atoms with Crippen molar-refractivity contribution < 1.29 is 9.50 Å². The Hall–Kier alpha value is -1.76. The van der Waals surface area contributed by atoms with E-state index in [4.69, 9.17) is 0 Å². The summed E-state index contributed by atoms with van der Waals surface area (Å²) >= 11 is 0. The van der Waals surface area contributed by atoms with Gasteiger partial charge in [-0.1, -0.05) is 12.1 Å². The van der Waals surface area contributed by atoms with E-state index in [0.717, 1.165) is 32.7 Å². The normalized spacial score (nSPS) is 18.2. The van der Waals surface area contributed by atoms with Gasteiger partial charge in [-0.3, -0.25) is 14.5 Å². The Morgan fingerprint density at radius 2 is 1.96 bits per heavy atom. The number of aryl methyl sites for hydroxylation is 1. The van der Waals surface area contributed by atoms with Crippen LogP contribution in [-0.4, -0.2) is 57.4 Å². The molecule has 1 aliphatic rings. The lowest BCUT2D eigenvalue weighted by Gasteiger charge is -2.35. The molecule has 0 amide bonds. The molecular formula is C17H23FN4O. The Kier molecular flexibility index (Phi) is 5.05. The van der Waals surface area contributed by atoms with Gasteiger partial charge in [-0.05, 0) is 17.7 Å². The number of aliphatic hydroxyl groups excluding tert-OH is 1. The molecule has 1 aromatic carbocycles. The molecule has 0 aliphatic carbocycles. The van der Waals surface area contributed by atoms with Gasteiger partial charge in [-0.15, -0.1) is 0 Å². The summed E-state index contributed by atoms with van der Waals surface area (Å²) in [6.45, 7) is 5.20. The molecular weight excluding hydrogens is 295 g/mol. The highest BCUT2D eigenvalue weighted by molar-refractivity contribution is 5.19. The van der Waals surface area contributed by atoms with E-state index in [1.54, 1.807) is 12.1 Å². The number of β-amino-alcohol motifs (C(OH)–C–C–N with tert-alkyl or cyclic N) is 1. The number of benzene rings is 1. The summed E-state index contributed by atoms with van der Waals surface area (Å²) in [5, 5.41) is 14.5. The van der Waals surface area contributed by atoms with Crippen molar-refractivity contribution in [1.82, 2.24) is 19.6 Å². The van der Waals surface area contributed by atoms with Crippen molar-refractivity contribution in [2.75, 3.05) is 32.7 Å². The third-order valence-electron chi connectivity index (χ3n) is 4.29. The van der Waals surface area contributed by atoms with Gasteiger partial charge in [0.2, 0.25) is 0 Å². The molecule has 0 unspecified atom stereocenters. The van der Waals surface area contributed by atoms with Gasteiger partial charge in [-0.25, -0.2) is 4.39 Å². The van der Waals surface area contributed by atoms with Crippen molar-refractivity contribution in [2.45, 2.75) is 12.6 Å².